The molecule has 0 radical (unpaired) electrons. The Morgan fingerprint density at radius 2 is 2.03 bits per heavy atom. The van der Waals surface area contributed by atoms with Crippen molar-refractivity contribution in [1.82, 2.24) is 10.3 Å². The summed E-state index contributed by atoms with van der Waals surface area (Å²) >= 11 is 0. The zero-order chi connectivity index (χ0) is 25.7. The van der Waals surface area contributed by atoms with E-state index < -0.39 is 28.8 Å². The molecule has 36 heavy (non-hydrogen) atoms. The number of aromatic amines is 1. The first-order valence-corrected chi connectivity index (χ1v) is 12.9. The van der Waals surface area contributed by atoms with Crippen LogP contribution in [0.3, 0.4) is 0 Å². The van der Waals surface area contributed by atoms with Gasteiger partial charge in [-0.25, -0.2) is 0 Å². The summed E-state index contributed by atoms with van der Waals surface area (Å²) in [6.45, 7) is 6.43. The predicted octanol–water partition coefficient (Wildman–Crippen LogP) is 2.62. The zero-order valence-corrected chi connectivity index (χ0v) is 21.2. The van der Waals surface area contributed by atoms with Gasteiger partial charge in [0, 0.05) is 42.9 Å². The van der Waals surface area contributed by atoms with E-state index in [9.17, 15) is 15.3 Å². The molecule has 192 valence electrons. The maximum absolute atomic E-state index is 12.0. The average molecular weight is 491 g/mol. The zero-order valence-electron chi connectivity index (χ0n) is 21.2. The van der Waals surface area contributed by atoms with Gasteiger partial charge in [-0.05, 0) is 62.0 Å². The molecule has 7 unspecified atom stereocenters. The SMILES string of the molecule is C=C(Cc1cc2ccccc2[nH]1)C12CC#CC(NC(N)=NC)CC3(O)C(O)CC(C3C1)C(C)(O)CC2. The van der Waals surface area contributed by atoms with Crippen LogP contribution in [0.25, 0.3) is 10.9 Å². The first-order chi connectivity index (χ1) is 17.1. The number of H-pyrrole nitrogens is 1. The van der Waals surface area contributed by atoms with Crippen molar-refractivity contribution >= 4 is 16.9 Å². The average Bonchev–Trinajstić information content (AvgIpc) is 3.33. The number of aliphatic hydroxyl groups excluding tert-OH is 1. The van der Waals surface area contributed by atoms with Crippen LogP contribution in [0.5, 0.6) is 0 Å². The van der Waals surface area contributed by atoms with Crippen LogP contribution in [-0.4, -0.2) is 56.7 Å². The van der Waals surface area contributed by atoms with E-state index in [0.29, 0.717) is 32.1 Å². The second-order valence-electron chi connectivity index (χ2n) is 11.5. The molecule has 7 N–H and O–H groups in total. The van der Waals surface area contributed by atoms with E-state index >= 15 is 0 Å². The largest absolute Gasteiger partial charge is 0.390 e. The third kappa shape index (κ3) is 4.21. The Morgan fingerprint density at radius 3 is 2.78 bits per heavy atom. The van der Waals surface area contributed by atoms with Gasteiger partial charge in [-0.1, -0.05) is 36.3 Å². The van der Waals surface area contributed by atoms with Gasteiger partial charge in [0.05, 0.1) is 23.3 Å². The third-order valence-electron chi connectivity index (χ3n) is 9.24. The Balaban J connectivity index is 1.55. The van der Waals surface area contributed by atoms with Crippen molar-refractivity contribution in [2.45, 2.75) is 75.2 Å². The lowest BCUT2D eigenvalue weighted by Gasteiger charge is -2.41. The number of nitrogens with zero attached hydrogens (tertiary/aromatic N) is 1. The number of para-hydroxylation sites is 1. The van der Waals surface area contributed by atoms with Gasteiger partial charge in [-0.3, -0.25) is 4.99 Å². The number of fused-ring (bicyclic) bond motifs is 2. The van der Waals surface area contributed by atoms with Crippen molar-refractivity contribution in [2.24, 2.45) is 28.0 Å². The Bertz CT molecular complexity index is 1220. The van der Waals surface area contributed by atoms with E-state index in [1.54, 1.807) is 7.05 Å². The maximum atomic E-state index is 12.0. The number of aliphatic hydroxyl groups is 3. The minimum Gasteiger partial charge on any atom is -0.390 e. The molecule has 0 amide bonds. The van der Waals surface area contributed by atoms with Crippen LogP contribution in [0.1, 0.15) is 51.1 Å². The number of hydrogen-bond donors (Lipinski definition) is 6. The lowest BCUT2D eigenvalue weighted by atomic mass is 9.66. The fourth-order valence-corrected chi connectivity index (χ4v) is 7.00. The first kappa shape index (κ1) is 24.9. The molecule has 0 aliphatic heterocycles. The molecule has 0 spiro atoms. The highest BCUT2D eigenvalue weighted by atomic mass is 16.3. The molecule has 7 heteroatoms. The van der Waals surface area contributed by atoms with Crippen LogP contribution in [-0.2, 0) is 6.42 Å². The predicted molar refractivity (Wildman–Crippen MR) is 142 cm³/mol. The fraction of sp³-hybridized carbons (Fsp3) is 0.552. The molecule has 5 rings (SSSR count). The molecule has 2 saturated carbocycles. The number of aromatic nitrogens is 1. The summed E-state index contributed by atoms with van der Waals surface area (Å²) < 4.78 is 0. The van der Waals surface area contributed by atoms with Crippen LogP contribution in [0, 0.1) is 29.1 Å². The molecule has 2 bridgehead atoms. The lowest BCUT2D eigenvalue weighted by Crippen LogP contribution is -2.52. The quantitative estimate of drug-likeness (QED) is 0.170. The molecule has 1 heterocycles. The topological polar surface area (TPSA) is 127 Å². The van der Waals surface area contributed by atoms with Crippen LogP contribution in [0.4, 0.5) is 0 Å². The standard InChI is InChI=1S/C29H38N4O3/c1-18(13-21-14-19-7-4-5-9-24(19)32-21)28-10-6-8-20(33-26(30)31-3)16-29(36)23(17-28)22(15-25(29)34)27(2,35)11-12-28/h4-5,7,9,14,20,22-23,25,32,34-36H,1,10-13,15-17H2,2-3H3,(H3,30,31,33). The third-order valence-corrected chi connectivity index (χ3v) is 9.24. The highest BCUT2D eigenvalue weighted by Gasteiger charge is 2.62. The number of rotatable bonds is 4. The highest BCUT2D eigenvalue weighted by molar-refractivity contribution is 5.80. The van der Waals surface area contributed by atoms with E-state index in [2.05, 4.69) is 51.9 Å². The van der Waals surface area contributed by atoms with E-state index in [-0.39, 0.29) is 24.2 Å². The van der Waals surface area contributed by atoms with E-state index in [1.165, 1.54) is 0 Å². The number of benzene rings is 1. The number of allylic oxidation sites excluding steroid dienone is 1. The van der Waals surface area contributed by atoms with Crippen LogP contribution >= 0.6 is 0 Å². The van der Waals surface area contributed by atoms with Crippen molar-refractivity contribution < 1.29 is 15.3 Å². The summed E-state index contributed by atoms with van der Waals surface area (Å²) in [5, 5.41) is 39.0. The number of hydrogen-bond acceptors (Lipinski definition) is 4. The lowest BCUT2D eigenvalue weighted by molar-refractivity contribution is -0.105. The number of nitrogens with two attached hydrogens (primary N) is 1. The van der Waals surface area contributed by atoms with Gasteiger partial charge in [-0.2, -0.15) is 0 Å². The molecular weight excluding hydrogens is 452 g/mol. The van der Waals surface area contributed by atoms with Gasteiger partial charge >= 0.3 is 0 Å². The molecule has 2 fully saturated rings. The molecule has 3 aliphatic rings. The molecule has 7 atom stereocenters. The highest BCUT2D eigenvalue weighted by Crippen LogP contribution is 2.59. The Morgan fingerprint density at radius 1 is 1.25 bits per heavy atom. The van der Waals surface area contributed by atoms with Crippen LogP contribution in [0.15, 0.2) is 47.5 Å². The normalized spacial score (nSPS) is 38.3. The summed E-state index contributed by atoms with van der Waals surface area (Å²) in [5.74, 6) is 6.35. The first-order valence-electron chi connectivity index (χ1n) is 12.9. The Kier molecular flexibility index (Phi) is 6.19. The summed E-state index contributed by atoms with van der Waals surface area (Å²) in [4.78, 5) is 7.50. The van der Waals surface area contributed by atoms with Crippen LogP contribution < -0.4 is 11.1 Å². The van der Waals surface area contributed by atoms with Crippen molar-refractivity contribution in [2.75, 3.05) is 7.05 Å². The molecule has 2 aromatic rings. The Labute approximate surface area is 212 Å². The van der Waals surface area contributed by atoms with Gasteiger partial charge in [0.2, 0.25) is 0 Å². The van der Waals surface area contributed by atoms with E-state index in [1.807, 2.05) is 19.1 Å². The van der Waals surface area contributed by atoms with E-state index in [4.69, 9.17) is 5.73 Å². The summed E-state index contributed by atoms with van der Waals surface area (Å²) in [5.41, 5.74) is 6.36. The van der Waals surface area contributed by atoms with Crippen molar-refractivity contribution in [1.29, 1.82) is 0 Å². The van der Waals surface area contributed by atoms with Gasteiger partial charge in [0.25, 0.3) is 0 Å². The molecule has 0 saturated heterocycles. The van der Waals surface area contributed by atoms with Crippen molar-refractivity contribution in [3.63, 3.8) is 0 Å². The monoisotopic (exact) mass is 490 g/mol. The summed E-state index contributed by atoms with van der Waals surface area (Å²) in [6.07, 6.45) is 2.76. The van der Waals surface area contributed by atoms with Gasteiger partial charge in [-0.15, -0.1) is 5.92 Å². The molecule has 1 aromatic heterocycles. The van der Waals surface area contributed by atoms with Crippen LogP contribution in [0.2, 0.25) is 0 Å². The van der Waals surface area contributed by atoms with E-state index in [0.717, 1.165) is 28.6 Å². The number of aliphatic imine (C=N–C) groups is 1. The summed E-state index contributed by atoms with van der Waals surface area (Å²) in [6, 6.07) is 9.91. The maximum Gasteiger partial charge on any atom is 0.189 e. The van der Waals surface area contributed by atoms with Crippen molar-refractivity contribution in [3.8, 4) is 11.8 Å². The van der Waals surface area contributed by atoms with Gasteiger partial charge in [0.15, 0.2) is 5.96 Å². The smallest absolute Gasteiger partial charge is 0.189 e. The molecule has 1 aromatic carbocycles. The Hall–Kier alpha value is -2.79. The molecule has 3 aliphatic carbocycles. The minimum atomic E-state index is -1.41. The van der Waals surface area contributed by atoms with Gasteiger partial charge in [0.1, 0.15) is 0 Å². The fourth-order valence-electron chi connectivity index (χ4n) is 7.00. The second kappa shape index (κ2) is 8.95. The summed E-state index contributed by atoms with van der Waals surface area (Å²) in [7, 11) is 1.59. The number of nitrogens with one attached hydrogen (secondary N) is 2. The van der Waals surface area contributed by atoms with Gasteiger partial charge < -0.3 is 31.4 Å². The van der Waals surface area contributed by atoms with Crippen molar-refractivity contribution in [3.05, 3.63) is 48.2 Å². The molecule has 7 nitrogen and oxygen atoms in total. The second-order valence-corrected chi connectivity index (χ2v) is 11.5. The molecular formula is C29H38N4O3. The minimum absolute atomic E-state index is 0.208. The number of guanidine groups is 1.